The fourth-order valence-corrected chi connectivity index (χ4v) is 2.62. The molecule has 0 radical (unpaired) electrons. The first kappa shape index (κ1) is 13.2. The van der Waals surface area contributed by atoms with Crippen LogP contribution in [0.2, 0.25) is 10.0 Å². The van der Waals surface area contributed by atoms with E-state index < -0.39 is 0 Å². The van der Waals surface area contributed by atoms with Crippen molar-refractivity contribution in [3.05, 3.63) is 33.8 Å². The monoisotopic (exact) mass is 273 g/mol. The van der Waals surface area contributed by atoms with Crippen LogP contribution in [-0.2, 0) is 10.3 Å². The van der Waals surface area contributed by atoms with Crippen LogP contribution in [0.3, 0.4) is 0 Å². The smallest absolute Gasteiger partial charge is 0.0688 e. The van der Waals surface area contributed by atoms with Crippen molar-refractivity contribution in [2.45, 2.75) is 31.8 Å². The molecule has 1 aromatic rings. The average Bonchev–Trinajstić information content (AvgIpc) is 2.20. The molecule has 0 saturated carbocycles. The van der Waals surface area contributed by atoms with Gasteiger partial charge in [0.25, 0.3) is 0 Å². The molecule has 0 spiro atoms. The Labute approximate surface area is 112 Å². The van der Waals surface area contributed by atoms with Gasteiger partial charge in [-0.3, -0.25) is 5.32 Å². The van der Waals surface area contributed by atoms with Crippen molar-refractivity contribution in [1.29, 1.82) is 0 Å². The van der Waals surface area contributed by atoms with Crippen molar-refractivity contribution in [2.75, 3.05) is 13.2 Å². The molecule has 0 amide bonds. The Balaban J connectivity index is 2.34. The molecule has 1 aliphatic rings. The third-order valence-electron chi connectivity index (χ3n) is 3.02. The van der Waals surface area contributed by atoms with Crippen molar-refractivity contribution in [3.8, 4) is 0 Å². The molecule has 1 atom stereocenters. The predicted molar refractivity (Wildman–Crippen MR) is 71.8 cm³/mol. The maximum atomic E-state index is 6.07. The molecule has 1 aromatic carbocycles. The molecule has 4 heteroatoms. The molecule has 0 aliphatic carbocycles. The van der Waals surface area contributed by atoms with E-state index in [-0.39, 0.29) is 11.1 Å². The summed E-state index contributed by atoms with van der Waals surface area (Å²) >= 11 is 12.0. The van der Waals surface area contributed by atoms with Gasteiger partial charge in [-0.15, -0.1) is 0 Å². The Kier molecular flexibility index (Phi) is 3.43. The number of morpholine rings is 1. The molecule has 17 heavy (non-hydrogen) atoms. The molecule has 0 bridgehead atoms. The number of hydrogen-bond donors (Lipinski definition) is 1. The lowest BCUT2D eigenvalue weighted by atomic mass is 9.87. The van der Waals surface area contributed by atoms with Crippen molar-refractivity contribution in [2.24, 2.45) is 0 Å². The minimum atomic E-state index is -0.226. The first-order valence-electron chi connectivity index (χ1n) is 5.65. The van der Waals surface area contributed by atoms with E-state index in [1.165, 1.54) is 0 Å². The Bertz CT molecular complexity index is 433. The van der Waals surface area contributed by atoms with Gasteiger partial charge >= 0.3 is 0 Å². The lowest BCUT2D eigenvalue weighted by Gasteiger charge is -2.44. The summed E-state index contributed by atoms with van der Waals surface area (Å²) in [6, 6.07) is 5.72. The quantitative estimate of drug-likeness (QED) is 0.844. The third-order valence-corrected chi connectivity index (χ3v) is 3.76. The standard InChI is InChI=1S/C13H17Cl2NO/c1-12(2)7-17-8-13(3,16-12)9-4-5-10(14)11(15)6-9/h4-6,16H,7-8H2,1-3H3. The topological polar surface area (TPSA) is 21.3 Å². The largest absolute Gasteiger partial charge is 0.377 e. The number of ether oxygens (including phenoxy) is 1. The van der Waals surface area contributed by atoms with E-state index in [9.17, 15) is 0 Å². The number of benzene rings is 1. The first-order valence-corrected chi connectivity index (χ1v) is 6.41. The van der Waals surface area contributed by atoms with E-state index in [4.69, 9.17) is 27.9 Å². The minimum absolute atomic E-state index is 0.0425. The van der Waals surface area contributed by atoms with Crippen molar-refractivity contribution < 1.29 is 4.74 Å². The molecule has 1 N–H and O–H groups in total. The van der Waals surface area contributed by atoms with Gasteiger partial charge in [-0.25, -0.2) is 0 Å². The minimum Gasteiger partial charge on any atom is -0.377 e. The number of hydrogen-bond acceptors (Lipinski definition) is 2. The SMILES string of the molecule is CC1(C)COCC(C)(c2ccc(Cl)c(Cl)c2)N1. The normalized spacial score (nSPS) is 28.1. The van der Waals surface area contributed by atoms with Gasteiger partial charge in [0.05, 0.1) is 28.8 Å². The second-order valence-corrected chi connectivity index (χ2v) is 6.28. The molecule has 2 rings (SSSR count). The van der Waals surface area contributed by atoms with E-state index >= 15 is 0 Å². The highest BCUT2D eigenvalue weighted by atomic mass is 35.5. The van der Waals surface area contributed by atoms with E-state index in [2.05, 4.69) is 26.1 Å². The van der Waals surface area contributed by atoms with E-state index in [1.54, 1.807) is 0 Å². The van der Waals surface area contributed by atoms with E-state index in [0.29, 0.717) is 23.3 Å². The van der Waals surface area contributed by atoms with Crippen LogP contribution in [0.1, 0.15) is 26.3 Å². The Hall–Kier alpha value is -0.280. The van der Waals surface area contributed by atoms with Gasteiger partial charge in [0.1, 0.15) is 0 Å². The summed E-state index contributed by atoms with van der Waals surface area (Å²) in [6.45, 7) is 7.72. The van der Waals surface area contributed by atoms with Crippen molar-refractivity contribution >= 4 is 23.2 Å². The lowest BCUT2D eigenvalue weighted by molar-refractivity contribution is -0.0264. The summed E-state index contributed by atoms with van der Waals surface area (Å²) in [7, 11) is 0. The molecular weight excluding hydrogens is 257 g/mol. The van der Waals surface area contributed by atoms with Crippen LogP contribution in [0.5, 0.6) is 0 Å². The highest BCUT2D eigenvalue weighted by Gasteiger charge is 2.37. The molecular formula is C13H17Cl2NO. The molecule has 1 fully saturated rings. The molecule has 94 valence electrons. The highest BCUT2D eigenvalue weighted by Crippen LogP contribution is 2.32. The zero-order chi connectivity index (χ0) is 12.7. The molecule has 1 aliphatic heterocycles. The summed E-state index contributed by atoms with van der Waals surface area (Å²) in [5.41, 5.74) is 0.828. The predicted octanol–water partition coefficient (Wildman–Crippen LogP) is 3.61. The fourth-order valence-electron chi connectivity index (χ4n) is 2.32. The summed E-state index contributed by atoms with van der Waals surface area (Å²) in [5, 5.41) is 4.76. The summed E-state index contributed by atoms with van der Waals surface area (Å²) in [6.07, 6.45) is 0. The number of halogens is 2. The molecule has 2 nitrogen and oxygen atoms in total. The zero-order valence-corrected chi connectivity index (χ0v) is 11.8. The van der Waals surface area contributed by atoms with Gasteiger partial charge in [0.15, 0.2) is 0 Å². The summed E-state index contributed by atoms with van der Waals surface area (Å²) < 4.78 is 5.69. The van der Waals surface area contributed by atoms with E-state index in [0.717, 1.165) is 5.56 Å². The lowest BCUT2D eigenvalue weighted by Crippen LogP contribution is -2.60. The Morgan fingerprint density at radius 2 is 1.82 bits per heavy atom. The van der Waals surface area contributed by atoms with Gasteiger partial charge in [0, 0.05) is 5.54 Å². The molecule has 0 aromatic heterocycles. The van der Waals surface area contributed by atoms with Crippen LogP contribution >= 0.6 is 23.2 Å². The Morgan fingerprint density at radius 3 is 2.41 bits per heavy atom. The van der Waals surface area contributed by atoms with Crippen LogP contribution in [0.25, 0.3) is 0 Å². The van der Waals surface area contributed by atoms with Gasteiger partial charge in [-0.05, 0) is 38.5 Å². The second kappa shape index (κ2) is 4.43. The van der Waals surface area contributed by atoms with Crippen molar-refractivity contribution in [3.63, 3.8) is 0 Å². The molecule has 1 heterocycles. The molecule has 1 saturated heterocycles. The van der Waals surface area contributed by atoms with Crippen LogP contribution < -0.4 is 5.32 Å². The third kappa shape index (κ3) is 2.76. The summed E-state index contributed by atoms with van der Waals surface area (Å²) in [5.74, 6) is 0. The van der Waals surface area contributed by atoms with Crippen LogP contribution in [-0.4, -0.2) is 18.8 Å². The number of nitrogens with one attached hydrogen (secondary N) is 1. The average molecular weight is 274 g/mol. The van der Waals surface area contributed by atoms with Gasteiger partial charge in [0.2, 0.25) is 0 Å². The van der Waals surface area contributed by atoms with Crippen LogP contribution in [0.15, 0.2) is 18.2 Å². The van der Waals surface area contributed by atoms with Gasteiger partial charge < -0.3 is 4.74 Å². The molecule has 1 unspecified atom stereocenters. The van der Waals surface area contributed by atoms with Crippen LogP contribution in [0.4, 0.5) is 0 Å². The van der Waals surface area contributed by atoms with Crippen molar-refractivity contribution in [1.82, 2.24) is 5.32 Å². The van der Waals surface area contributed by atoms with Gasteiger partial charge in [-0.2, -0.15) is 0 Å². The second-order valence-electron chi connectivity index (χ2n) is 5.46. The highest BCUT2D eigenvalue weighted by molar-refractivity contribution is 6.42. The maximum Gasteiger partial charge on any atom is 0.0688 e. The van der Waals surface area contributed by atoms with E-state index in [1.807, 2.05) is 18.2 Å². The maximum absolute atomic E-state index is 6.07. The summed E-state index contributed by atoms with van der Waals surface area (Å²) in [4.78, 5) is 0. The first-order chi connectivity index (χ1) is 7.82. The van der Waals surface area contributed by atoms with Crippen LogP contribution in [0, 0.1) is 0 Å². The zero-order valence-electron chi connectivity index (χ0n) is 10.3. The Morgan fingerprint density at radius 1 is 1.12 bits per heavy atom. The number of rotatable bonds is 1. The van der Waals surface area contributed by atoms with Gasteiger partial charge in [-0.1, -0.05) is 29.3 Å². The fraction of sp³-hybridized carbons (Fsp3) is 0.538.